The van der Waals surface area contributed by atoms with Crippen molar-refractivity contribution in [2.75, 3.05) is 25.1 Å². The van der Waals surface area contributed by atoms with Crippen molar-refractivity contribution in [3.05, 3.63) is 52.5 Å². The van der Waals surface area contributed by atoms with Crippen LogP contribution in [0.2, 0.25) is 5.02 Å². The Balaban J connectivity index is 1.46. The Morgan fingerprint density at radius 3 is 2.59 bits per heavy atom. The van der Waals surface area contributed by atoms with Crippen molar-refractivity contribution in [3.63, 3.8) is 0 Å². The van der Waals surface area contributed by atoms with Gasteiger partial charge in [-0.15, -0.1) is 0 Å². The van der Waals surface area contributed by atoms with Gasteiger partial charge in [0.25, 0.3) is 5.91 Å². The van der Waals surface area contributed by atoms with E-state index in [9.17, 15) is 13.2 Å². The van der Waals surface area contributed by atoms with Gasteiger partial charge in [-0.05, 0) is 74.6 Å². The molecule has 1 aliphatic carbocycles. The third-order valence-corrected chi connectivity index (χ3v) is 9.53. The number of aryl methyl sites for hydroxylation is 1. The number of amides is 1. The second-order valence-corrected chi connectivity index (χ2v) is 12.3. The van der Waals surface area contributed by atoms with Gasteiger partial charge in [0, 0.05) is 30.3 Å². The molecule has 7 nitrogen and oxygen atoms in total. The van der Waals surface area contributed by atoms with Crippen LogP contribution >= 0.6 is 22.9 Å². The Kier molecular flexibility index (Phi) is 6.41. The summed E-state index contributed by atoms with van der Waals surface area (Å²) >= 11 is 7.64. The molecule has 10 heteroatoms. The van der Waals surface area contributed by atoms with E-state index in [1.807, 2.05) is 19.1 Å². The highest BCUT2D eigenvalue weighted by molar-refractivity contribution is 7.89. The number of thiazole rings is 1. The predicted molar refractivity (Wildman–Crippen MR) is 134 cm³/mol. The normalized spacial score (nSPS) is 18.6. The van der Waals surface area contributed by atoms with Crippen LogP contribution in [0.4, 0.5) is 5.13 Å². The lowest BCUT2D eigenvalue weighted by Crippen LogP contribution is -2.37. The van der Waals surface area contributed by atoms with Gasteiger partial charge in [0.15, 0.2) is 5.13 Å². The molecule has 1 amide bonds. The van der Waals surface area contributed by atoms with E-state index in [0.717, 1.165) is 41.5 Å². The van der Waals surface area contributed by atoms with Gasteiger partial charge in [0.05, 0.1) is 27.8 Å². The van der Waals surface area contributed by atoms with Crippen molar-refractivity contribution in [3.8, 4) is 0 Å². The van der Waals surface area contributed by atoms with Gasteiger partial charge in [0.2, 0.25) is 10.0 Å². The Bertz CT molecular complexity index is 1330. The van der Waals surface area contributed by atoms with Crippen LogP contribution in [0, 0.1) is 6.92 Å². The van der Waals surface area contributed by atoms with Gasteiger partial charge in [-0.2, -0.15) is 4.31 Å². The van der Waals surface area contributed by atoms with E-state index < -0.39 is 10.0 Å². The number of sulfonamides is 1. The number of nitrogens with zero attached hydrogens (tertiary/aromatic N) is 3. The predicted octanol–water partition coefficient (Wildman–Crippen LogP) is 4.87. The molecule has 0 bridgehead atoms. The average molecular weight is 520 g/mol. The molecule has 0 spiro atoms. The van der Waals surface area contributed by atoms with Crippen LogP contribution in [0.5, 0.6) is 0 Å². The number of anilines is 1. The molecule has 3 aromatic rings. The van der Waals surface area contributed by atoms with Crippen LogP contribution < -0.4 is 4.90 Å². The first-order valence-corrected chi connectivity index (χ1v) is 14.0. The molecule has 5 rings (SSSR count). The standard InChI is InChI=1S/C24H26ClN3O4S2/c1-15-12-17(25)13-21-22(15)26-24(33-21)28(14-19-4-3-11-32-19)23(29)16-5-9-20(10-6-16)34(30,31)27(2)18-7-8-18/h5-6,9-10,12-13,18-19H,3-4,7-8,11,14H2,1-2H3. The zero-order valence-electron chi connectivity index (χ0n) is 19.0. The van der Waals surface area contributed by atoms with Crippen molar-refractivity contribution in [2.45, 2.75) is 49.6 Å². The summed E-state index contributed by atoms with van der Waals surface area (Å²) in [5, 5.41) is 1.20. The summed E-state index contributed by atoms with van der Waals surface area (Å²) in [6, 6.07) is 9.96. The highest BCUT2D eigenvalue weighted by atomic mass is 35.5. The number of halogens is 1. The first-order valence-electron chi connectivity index (χ1n) is 11.3. The Labute approximate surface area is 208 Å². The molecule has 2 aromatic carbocycles. The Morgan fingerprint density at radius 1 is 1.21 bits per heavy atom. The zero-order chi connectivity index (χ0) is 24.0. The fourth-order valence-corrected chi connectivity index (χ4v) is 7.07. The fraction of sp³-hybridized carbons (Fsp3) is 0.417. The van der Waals surface area contributed by atoms with Crippen LogP contribution in [-0.2, 0) is 14.8 Å². The number of rotatable bonds is 7. The molecule has 1 saturated heterocycles. The van der Waals surface area contributed by atoms with Crippen molar-refractivity contribution in [1.29, 1.82) is 0 Å². The molecule has 1 atom stereocenters. The molecule has 0 radical (unpaired) electrons. The number of aromatic nitrogens is 1. The van der Waals surface area contributed by atoms with Crippen LogP contribution in [0.25, 0.3) is 10.2 Å². The SMILES string of the molecule is Cc1cc(Cl)cc2sc(N(CC3CCCO3)C(=O)c3ccc(S(=O)(=O)N(C)C4CC4)cc3)nc12. The summed E-state index contributed by atoms with van der Waals surface area (Å²) < 4.78 is 33.8. The molecule has 34 heavy (non-hydrogen) atoms. The number of carbonyl (C=O) groups excluding carboxylic acids is 1. The minimum absolute atomic E-state index is 0.0625. The molecule has 1 saturated carbocycles. The van der Waals surface area contributed by atoms with Crippen molar-refractivity contribution in [1.82, 2.24) is 9.29 Å². The maximum Gasteiger partial charge on any atom is 0.260 e. The third kappa shape index (κ3) is 4.59. The van der Waals surface area contributed by atoms with E-state index >= 15 is 0 Å². The Morgan fingerprint density at radius 2 is 1.94 bits per heavy atom. The maximum absolute atomic E-state index is 13.6. The van der Waals surface area contributed by atoms with Crippen LogP contribution in [-0.4, -0.2) is 56.0 Å². The van der Waals surface area contributed by atoms with Gasteiger partial charge in [0.1, 0.15) is 0 Å². The second kappa shape index (κ2) is 9.20. The van der Waals surface area contributed by atoms with Crippen molar-refractivity contribution < 1.29 is 17.9 Å². The molecule has 2 aliphatic rings. The minimum Gasteiger partial charge on any atom is -0.376 e. The van der Waals surface area contributed by atoms with E-state index in [1.165, 1.54) is 27.8 Å². The van der Waals surface area contributed by atoms with E-state index in [-0.39, 0.29) is 22.9 Å². The number of ether oxygens (including phenoxy) is 1. The smallest absolute Gasteiger partial charge is 0.260 e. The number of carbonyl (C=O) groups is 1. The van der Waals surface area contributed by atoms with E-state index in [4.69, 9.17) is 21.3 Å². The summed E-state index contributed by atoms with van der Waals surface area (Å²) in [7, 11) is -1.96. The summed E-state index contributed by atoms with van der Waals surface area (Å²) in [5.74, 6) is -0.238. The molecule has 1 aliphatic heterocycles. The van der Waals surface area contributed by atoms with Crippen LogP contribution in [0.3, 0.4) is 0 Å². The van der Waals surface area contributed by atoms with Crippen LogP contribution in [0.15, 0.2) is 41.3 Å². The molecule has 1 unspecified atom stereocenters. The summed E-state index contributed by atoms with van der Waals surface area (Å²) in [4.78, 5) is 20.2. The number of benzene rings is 2. The lowest BCUT2D eigenvalue weighted by atomic mass is 10.2. The molecular weight excluding hydrogens is 494 g/mol. The van der Waals surface area contributed by atoms with Gasteiger partial charge in [-0.3, -0.25) is 9.69 Å². The first kappa shape index (κ1) is 23.7. The number of hydrogen-bond acceptors (Lipinski definition) is 6. The molecular formula is C24H26ClN3O4S2. The van der Waals surface area contributed by atoms with Crippen LogP contribution in [0.1, 0.15) is 41.6 Å². The van der Waals surface area contributed by atoms with Gasteiger partial charge >= 0.3 is 0 Å². The summed E-state index contributed by atoms with van der Waals surface area (Å²) in [5.41, 5.74) is 2.17. The average Bonchev–Trinajstić information content (AvgIpc) is 3.36. The maximum atomic E-state index is 13.6. The third-order valence-electron chi connectivity index (χ3n) is 6.36. The quantitative estimate of drug-likeness (QED) is 0.445. The molecule has 0 N–H and O–H groups in total. The monoisotopic (exact) mass is 519 g/mol. The number of fused-ring (bicyclic) bond motifs is 1. The molecule has 180 valence electrons. The summed E-state index contributed by atoms with van der Waals surface area (Å²) in [6.45, 7) is 3.01. The first-order chi connectivity index (χ1) is 16.2. The van der Waals surface area contributed by atoms with E-state index in [2.05, 4.69) is 0 Å². The lowest BCUT2D eigenvalue weighted by Gasteiger charge is -2.23. The zero-order valence-corrected chi connectivity index (χ0v) is 21.4. The largest absolute Gasteiger partial charge is 0.376 e. The number of hydrogen-bond donors (Lipinski definition) is 0. The highest BCUT2D eigenvalue weighted by Crippen LogP contribution is 2.35. The van der Waals surface area contributed by atoms with Gasteiger partial charge in [-0.1, -0.05) is 22.9 Å². The minimum atomic E-state index is -3.57. The molecule has 2 fully saturated rings. The highest BCUT2D eigenvalue weighted by Gasteiger charge is 2.35. The van der Waals surface area contributed by atoms with Crippen molar-refractivity contribution in [2.24, 2.45) is 0 Å². The van der Waals surface area contributed by atoms with Gasteiger partial charge < -0.3 is 4.74 Å². The molecule has 2 heterocycles. The fourth-order valence-electron chi connectivity index (χ4n) is 4.22. The second-order valence-electron chi connectivity index (χ2n) is 8.89. The molecule has 1 aromatic heterocycles. The van der Waals surface area contributed by atoms with Gasteiger partial charge in [-0.25, -0.2) is 13.4 Å². The van der Waals surface area contributed by atoms with Crippen molar-refractivity contribution >= 4 is 54.2 Å². The Hall–Kier alpha value is -2.04. The van der Waals surface area contributed by atoms with E-state index in [1.54, 1.807) is 24.1 Å². The topological polar surface area (TPSA) is 79.8 Å². The summed E-state index contributed by atoms with van der Waals surface area (Å²) in [6.07, 6.45) is 3.55. The van der Waals surface area contributed by atoms with E-state index in [0.29, 0.717) is 28.9 Å². The lowest BCUT2D eigenvalue weighted by molar-refractivity contribution is 0.0917.